The van der Waals surface area contributed by atoms with E-state index in [1.807, 2.05) is 0 Å². The van der Waals surface area contributed by atoms with E-state index in [4.69, 9.17) is 14.9 Å². The van der Waals surface area contributed by atoms with Gasteiger partial charge >= 0.3 is 0 Å². The largest absolute Gasteiger partial charge is 0.504 e. The number of oxazole rings is 1. The lowest BCUT2D eigenvalue weighted by molar-refractivity contribution is 0.373. The summed E-state index contributed by atoms with van der Waals surface area (Å²) in [5.41, 5.74) is 6.03. The molecule has 0 atom stereocenters. The summed E-state index contributed by atoms with van der Waals surface area (Å²) in [6.45, 7) is 0. The summed E-state index contributed by atoms with van der Waals surface area (Å²) in [4.78, 5) is 3.78. The predicted octanol–water partition coefficient (Wildman–Crippen LogP) is 2.40. The van der Waals surface area contributed by atoms with Gasteiger partial charge in [0.05, 0.1) is 13.3 Å². The van der Waals surface area contributed by atoms with Crippen molar-refractivity contribution in [1.29, 1.82) is 0 Å². The maximum atomic E-state index is 9.64. The van der Waals surface area contributed by atoms with Crippen LogP contribution >= 0.6 is 15.9 Å². The van der Waals surface area contributed by atoms with E-state index >= 15 is 0 Å². The molecular weight excluding hydrogens is 276 g/mol. The van der Waals surface area contributed by atoms with Crippen molar-refractivity contribution in [2.75, 3.05) is 12.8 Å². The second kappa shape index (κ2) is 4.05. The molecule has 0 aliphatic carbocycles. The molecule has 0 aliphatic rings. The molecular formula is C10H9BrN2O3. The van der Waals surface area contributed by atoms with Gasteiger partial charge in [0.2, 0.25) is 0 Å². The molecule has 0 bridgehead atoms. The van der Waals surface area contributed by atoms with Crippen LogP contribution in [0.2, 0.25) is 0 Å². The Labute approximate surface area is 100.0 Å². The molecule has 1 aromatic heterocycles. The average molecular weight is 285 g/mol. The van der Waals surface area contributed by atoms with Crippen LogP contribution in [0.3, 0.4) is 0 Å². The number of aromatic hydroxyl groups is 1. The zero-order valence-electron chi connectivity index (χ0n) is 8.40. The third-order valence-electron chi connectivity index (χ3n) is 2.06. The minimum absolute atomic E-state index is 0.0238. The molecule has 0 amide bonds. The number of nitrogens with zero attached hydrogens (tertiary/aromatic N) is 1. The molecule has 0 aliphatic heterocycles. The topological polar surface area (TPSA) is 81.5 Å². The fraction of sp³-hybridized carbons (Fsp3) is 0.100. The summed E-state index contributed by atoms with van der Waals surface area (Å²) in [7, 11) is 1.48. The highest BCUT2D eigenvalue weighted by atomic mass is 79.9. The Morgan fingerprint density at radius 3 is 2.81 bits per heavy atom. The van der Waals surface area contributed by atoms with Crippen LogP contribution in [-0.4, -0.2) is 17.2 Å². The summed E-state index contributed by atoms with van der Waals surface area (Å²) >= 11 is 3.35. The molecule has 0 fully saturated rings. The van der Waals surface area contributed by atoms with Gasteiger partial charge < -0.3 is 20.0 Å². The SMILES string of the molecule is COc1cc(Br)c(-c2cnc(N)o2)cc1O. The number of phenols is 1. The lowest BCUT2D eigenvalue weighted by Crippen LogP contribution is -1.86. The monoisotopic (exact) mass is 284 g/mol. The molecule has 16 heavy (non-hydrogen) atoms. The van der Waals surface area contributed by atoms with E-state index in [1.54, 1.807) is 6.07 Å². The quantitative estimate of drug-likeness (QED) is 0.885. The van der Waals surface area contributed by atoms with Gasteiger partial charge in [0, 0.05) is 10.0 Å². The van der Waals surface area contributed by atoms with Gasteiger partial charge in [-0.1, -0.05) is 0 Å². The third kappa shape index (κ3) is 1.83. The summed E-state index contributed by atoms with van der Waals surface area (Å²) in [6.07, 6.45) is 1.49. The zero-order valence-corrected chi connectivity index (χ0v) is 9.98. The molecule has 84 valence electrons. The van der Waals surface area contributed by atoms with Crippen molar-refractivity contribution in [2.24, 2.45) is 0 Å². The second-order valence-electron chi connectivity index (χ2n) is 3.07. The predicted molar refractivity (Wildman–Crippen MR) is 62.3 cm³/mol. The summed E-state index contributed by atoms with van der Waals surface area (Å²) in [5, 5.41) is 9.64. The van der Waals surface area contributed by atoms with E-state index in [0.29, 0.717) is 17.1 Å². The number of phenolic OH excluding ortho intramolecular Hbond substituents is 1. The molecule has 0 unspecified atom stereocenters. The van der Waals surface area contributed by atoms with Crippen molar-refractivity contribution in [3.05, 3.63) is 22.8 Å². The minimum Gasteiger partial charge on any atom is -0.504 e. The number of nitrogens with two attached hydrogens (primary N) is 1. The van der Waals surface area contributed by atoms with Crippen molar-refractivity contribution < 1.29 is 14.3 Å². The maximum absolute atomic E-state index is 9.64. The normalized spacial score (nSPS) is 10.4. The van der Waals surface area contributed by atoms with E-state index in [2.05, 4.69) is 20.9 Å². The van der Waals surface area contributed by atoms with Gasteiger partial charge in [-0.2, -0.15) is 0 Å². The van der Waals surface area contributed by atoms with Crippen molar-refractivity contribution >= 4 is 21.9 Å². The highest BCUT2D eigenvalue weighted by Crippen LogP contribution is 2.38. The Bertz CT molecular complexity index is 525. The van der Waals surface area contributed by atoms with Crippen LogP contribution in [0, 0.1) is 0 Å². The number of benzene rings is 1. The van der Waals surface area contributed by atoms with Gasteiger partial charge in [-0.25, -0.2) is 4.98 Å². The van der Waals surface area contributed by atoms with E-state index in [-0.39, 0.29) is 11.8 Å². The first kappa shape index (κ1) is 10.8. The van der Waals surface area contributed by atoms with Crippen LogP contribution in [0.1, 0.15) is 0 Å². The fourth-order valence-corrected chi connectivity index (χ4v) is 1.83. The summed E-state index contributed by atoms with van der Waals surface area (Å²) in [5.74, 6) is 0.876. The van der Waals surface area contributed by atoms with Crippen LogP contribution in [0.4, 0.5) is 6.01 Å². The van der Waals surface area contributed by atoms with Crippen molar-refractivity contribution in [3.8, 4) is 22.8 Å². The number of nitrogen functional groups attached to an aromatic ring is 1. The molecule has 1 heterocycles. The van der Waals surface area contributed by atoms with Crippen molar-refractivity contribution in [1.82, 2.24) is 4.98 Å². The Balaban J connectivity index is 2.54. The smallest absolute Gasteiger partial charge is 0.292 e. The van der Waals surface area contributed by atoms with Crippen LogP contribution in [0.15, 0.2) is 27.2 Å². The lowest BCUT2D eigenvalue weighted by atomic mass is 10.1. The Morgan fingerprint density at radius 2 is 2.25 bits per heavy atom. The van der Waals surface area contributed by atoms with Crippen LogP contribution in [0.25, 0.3) is 11.3 Å². The number of hydrogen-bond acceptors (Lipinski definition) is 5. The molecule has 0 spiro atoms. The molecule has 5 nitrogen and oxygen atoms in total. The Hall–Kier alpha value is -1.69. The minimum atomic E-state index is 0.0238. The first-order chi connectivity index (χ1) is 7.61. The fourth-order valence-electron chi connectivity index (χ4n) is 1.31. The molecule has 2 aromatic rings. The molecule has 6 heteroatoms. The molecule has 2 rings (SSSR count). The summed E-state index contributed by atoms with van der Waals surface area (Å²) < 4.78 is 10.9. The zero-order chi connectivity index (χ0) is 11.7. The highest BCUT2D eigenvalue weighted by Gasteiger charge is 2.13. The first-order valence-corrected chi connectivity index (χ1v) is 5.19. The van der Waals surface area contributed by atoms with E-state index in [0.717, 1.165) is 4.47 Å². The van der Waals surface area contributed by atoms with Crippen LogP contribution in [0.5, 0.6) is 11.5 Å². The molecule has 0 saturated carbocycles. The van der Waals surface area contributed by atoms with E-state index < -0.39 is 0 Å². The van der Waals surface area contributed by atoms with Crippen molar-refractivity contribution in [2.45, 2.75) is 0 Å². The van der Waals surface area contributed by atoms with Gasteiger partial charge in [-0.3, -0.25) is 0 Å². The maximum Gasteiger partial charge on any atom is 0.292 e. The van der Waals surface area contributed by atoms with Gasteiger partial charge in [-0.15, -0.1) is 0 Å². The molecule has 0 saturated heterocycles. The van der Waals surface area contributed by atoms with Crippen molar-refractivity contribution in [3.63, 3.8) is 0 Å². The van der Waals surface area contributed by atoms with Gasteiger partial charge in [-0.05, 0) is 28.1 Å². The number of anilines is 1. The number of methoxy groups -OCH3 is 1. The number of aromatic nitrogens is 1. The van der Waals surface area contributed by atoms with Gasteiger partial charge in [0.25, 0.3) is 6.01 Å². The number of ether oxygens (including phenoxy) is 1. The second-order valence-corrected chi connectivity index (χ2v) is 3.92. The molecule has 0 radical (unpaired) electrons. The van der Waals surface area contributed by atoms with Crippen LogP contribution < -0.4 is 10.5 Å². The number of hydrogen-bond donors (Lipinski definition) is 2. The van der Waals surface area contributed by atoms with Gasteiger partial charge in [0.1, 0.15) is 0 Å². The average Bonchev–Trinajstić information content (AvgIpc) is 2.67. The third-order valence-corrected chi connectivity index (χ3v) is 2.71. The Morgan fingerprint density at radius 1 is 1.50 bits per heavy atom. The Kier molecular flexibility index (Phi) is 2.74. The first-order valence-electron chi connectivity index (χ1n) is 4.40. The molecule has 1 aromatic carbocycles. The van der Waals surface area contributed by atoms with E-state index in [1.165, 1.54) is 19.4 Å². The highest BCUT2D eigenvalue weighted by molar-refractivity contribution is 9.10. The molecule has 3 N–H and O–H groups in total. The number of rotatable bonds is 2. The lowest BCUT2D eigenvalue weighted by Gasteiger charge is -2.06. The summed E-state index contributed by atoms with van der Waals surface area (Å²) in [6, 6.07) is 3.24. The standard InChI is InChI=1S/C10H9BrN2O3/c1-15-8-3-6(11)5(2-7(8)14)9-4-13-10(12)16-9/h2-4,14H,1H3,(H2,12,13). The van der Waals surface area contributed by atoms with Gasteiger partial charge in [0.15, 0.2) is 17.3 Å². The van der Waals surface area contributed by atoms with Crippen LogP contribution in [-0.2, 0) is 0 Å². The number of halogens is 1. The van der Waals surface area contributed by atoms with E-state index in [9.17, 15) is 5.11 Å².